The number of nitrogens with zero attached hydrogens (tertiary/aromatic N) is 2. The molecule has 0 saturated heterocycles. The number of aryl methyl sites for hydroxylation is 1. The number of thiazole rings is 1. The highest BCUT2D eigenvalue weighted by atomic mass is 32.1. The smallest absolute Gasteiger partial charge is 0.228 e. The molecular weight excluding hydrogens is 376 g/mol. The minimum Gasteiger partial charge on any atom is -0.461 e. The quantitative estimate of drug-likeness (QED) is 0.439. The molecule has 3 heterocycles. The fourth-order valence-corrected chi connectivity index (χ4v) is 4.76. The summed E-state index contributed by atoms with van der Waals surface area (Å²) in [6, 6.07) is 12.1. The van der Waals surface area contributed by atoms with E-state index in [4.69, 9.17) is 4.42 Å². The van der Waals surface area contributed by atoms with Crippen LogP contribution in [0.2, 0.25) is 0 Å². The number of amides is 1. The summed E-state index contributed by atoms with van der Waals surface area (Å²) in [5.41, 5.74) is 2.81. The molecular formula is C21H20N2O2S2. The second-order valence-electron chi connectivity index (χ2n) is 6.40. The van der Waals surface area contributed by atoms with Gasteiger partial charge in [-0.15, -0.1) is 22.7 Å². The third kappa shape index (κ3) is 3.68. The highest BCUT2D eigenvalue weighted by molar-refractivity contribution is 7.20. The van der Waals surface area contributed by atoms with Crippen LogP contribution in [0.3, 0.4) is 0 Å². The molecule has 0 aliphatic carbocycles. The van der Waals surface area contributed by atoms with Gasteiger partial charge in [0.05, 0.1) is 17.0 Å². The lowest BCUT2D eigenvalue weighted by molar-refractivity contribution is -0.129. The third-order valence-electron chi connectivity index (χ3n) is 4.54. The van der Waals surface area contributed by atoms with Crippen molar-refractivity contribution < 1.29 is 9.21 Å². The predicted octanol–water partition coefficient (Wildman–Crippen LogP) is 5.38. The van der Waals surface area contributed by atoms with E-state index in [1.54, 1.807) is 27.6 Å². The number of fused-ring (bicyclic) bond motifs is 1. The summed E-state index contributed by atoms with van der Waals surface area (Å²) in [4.78, 5) is 20.3. The average Bonchev–Trinajstić information content (AvgIpc) is 3.41. The van der Waals surface area contributed by atoms with Gasteiger partial charge >= 0.3 is 0 Å². The standard InChI is InChI=1S/C21H20N2O2S2/c1-3-17-16(15-7-4-5-8-18(15)25-17)12-23(2)20(24)11-14-13-27-21(22-14)19-9-6-10-26-19/h4-10,13H,3,11-12H2,1-2H3. The second-order valence-corrected chi connectivity index (χ2v) is 8.21. The lowest BCUT2D eigenvalue weighted by Crippen LogP contribution is -2.28. The first-order valence-electron chi connectivity index (χ1n) is 8.87. The van der Waals surface area contributed by atoms with E-state index in [2.05, 4.69) is 24.0 Å². The molecule has 0 N–H and O–H groups in total. The van der Waals surface area contributed by atoms with Gasteiger partial charge in [0.2, 0.25) is 5.91 Å². The van der Waals surface area contributed by atoms with E-state index in [1.165, 1.54) is 0 Å². The molecule has 0 bridgehead atoms. The zero-order valence-electron chi connectivity index (χ0n) is 15.3. The monoisotopic (exact) mass is 396 g/mol. The molecule has 0 unspecified atom stereocenters. The van der Waals surface area contributed by atoms with Crippen molar-refractivity contribution in [2.75, 3.05) is 7.05 Å². The highest BCUT2D eigenvalue weighted by Gasteiger charge is 2.18. The van der Waals surface area contributed by atoms with Crippen molar-refractivity contribution in [3.63, 3.8) is 0 Å². The number of furan rings is 1. The molecule has 3 aromatic heterocycles. The molecule has 138 valence electrons. The van der Waals surface area contributed by atoms with Crippen LogP contribution in [0.15, 0.2) is 51.6 Å². The summed E-state index contributed by atoms with van der Waals surface area (Å²) in [7, 11) is 1.84. The van der Waals surface area contributed by atoms with Crippen molar-refractivity contribution in [2.45, 2.75) is 26.3 Å². The van der Waals surface area contributed by atoms with Gasteiger partial charge in [-0.3, -0.25) is 4.79 Å². The van der Waals surface area contributed by atoms with Gasteiger partial charge in [0, 0.05) is 36.3 Å². The van der Waals surface area contributed by atoms with Crippen molar-refractivity contribution in [3.05, 3.63) is 64.2 Å². The summed E-state index contributed by atoms with van der Waals surface area (Å²) < 4.78 is 5.94. The van der Waals surface area contributed by atoms with Gasteiger partial charge in [-0.2, -0.15) is 0 Å². The Morgan fingerprint density at radius 1 is 1.19 bits per heavy atom. The zero-order valence-corrected chi connectivity index (χ0v) is 16.9. The Kier molecular flexibility index (Phi) is 5.09. The Bertz CT molecular complexity index is 1060. The minimum atomic E-state index is 0.0605. The zero-order chi connectivity index (χ0) is 18.8. The maximum absolute atomic E-state index is 12.7. The molecule has 4 aromatic rings. The number of hydrogen-bond acceptors (Lipinski definition) is 5. The van der Waals surface area contributed by atoms with Gasteiger partial charge in [0.25, 0.3) is 0 Å². The third-order valence-corrected chi connectivity index (χ3v) is 6.47. The van der Waals surface area contributed by atoms with Crippen molar-refractivity contribution in [1.29, 1.82) is 0 Å². The predicted molar refractivity (Wildman–Crippen MR) is 111 cm³/mol. The first kappa shape index (κ1) is 17.9. The van der Waals surface area contributed by atoms with Gasteiger partial charge in [-0.05, 0) is 17.5 Å². The van der Waals surface area contributed by atoms with E-state index in [-0.39, 0.29) is 5.91 Å². The lowest BCUT2D eigenvalue weighted by atomic mass is 10.1. The fraction of sp³-hybridized carbons (Fsp3) is 0.238. The van der Waals surface area contributed by atoms with E-state index in [0.717, 1.165) is 44.3 Å². The fourth-order valence-electron chi connectivity index (χ4n) is 3.13. The molecule has 0 aliphatic heterocycles. The summed E-state index contributed by atoms with van der Waals surface area (Å²) in [6.07, 6.45) is 1.12. The normalized spacial score (nSPS) is 11.2. The van der Waals surface area contributed by atoms with Crippen LogP contribution in [-0.2, 0) is 24.2 Å². The van der Waals surface area contributed by atoms with Crippen molar-refractivity contribution in [3.8, 4) is 9.88 Å². The topological polar surface area (TPSA) is 46.3 Å². The van der Waals surface area contributed by atoms with Crippen molar-refractivity contribution in [2.24, 2.45) is 0 Å². The number of carbonyl (C=O) groups is 1. The van der Waals surface area contributed by atoms with E-state index in [1.807, 2.05) is 42.1 Å². The van der Waals surface area contributed by atoms with Gasteiger partial charge in [0.1, 0.15) is 16.4 Å². The van der Waals surface area contributed by atoms with Gasteiger partial charge in [-0.1, -0.05) is 31.2 Å². The number of hydrogen-bond donors (Lipinski definition) is 0. The number of rotatable bonds is 6. The van der Waals surface area contributed by atoms with E-state index < -0.39 is 0 Å². The SMILES string of the molecule is CCc1oc2ccccc2c1CN(C)C(=O)Cc1csc(-c2cccs2)n1. The summed E-state index contributed by atoms with van der Waals surface area (Å²) >= 11 is 3.25. The van der Waals surface area contributed by atoms with Crippen LogP contribution in [-0.4, -0.2) is 22.8 Å². The van der Waals surface area contributed by atoms with Crippen LogP contribution in [0, 0.1) is 0 Å². The maximum atomic E-state index is 12.7. The molecule has 0 aliphatic rings. The van der Waals surface area contributed by atoms with Gasteiger partial charge in [-0.25, -0.2) is 4.98 Å². The molecule has 27 heavy (non-hydrogen) atoms. The van der Waals surface area contributed by atoms with E-state index in [9.17, 15) is 4.79 Å². The highest BCUT2D eigenvalue weighted by Crippen LogP contribution is 2.29. The number of para-hydroxylation sites is 1. The van der Waals surface area contributed by atoms with Crippen molar-refractivity contribution in [1.82, 2.24) is 9.88 Å². The molecule has 0 saturated carbocycles. The van der Waals surface area contributed by atoms with Crippen LogP contribution in [0.25, 0.3) is 20.9 Å². The molecule has 6 heteroatoms. The first-order chi connectivity index (χ1) is 13.2. The summed E-state index contributed by atoms with van der Waals surface area (Å²) in [5, 5.41) is 6.08. The van der Waals surface area contributed by atoms with Crippen LogP contribution in [0.5, 0.6) is 0 Å². The Hall–Kier alpha value is -2.44. The summed E-state index contributed by atoms with van der Waals surface area (Å²) in [5.74, 6) is 1.01. The van der Waals surface area contributed by atoms with E-state index in [0.29, 0.717) is 13.0 Å². The lowest BCUT2D eigenvalue weighted by Gasteiger charge is -2.17. The Morgan fingerprint density at radius 3 is 2.81 bits per heavy atom. The minimum absolute atomic E-state index is 0.0605. The number of aromatic nitrogens is 1. The largest absolute Gasteiger partial charge is 0.461 e. The summed E-state index contributed by atoms with van der Waals surface area (Å²) in [6.45, 7) is 2.62. The van der Waals surface area contributed by atoms with Crippen LogP contribution >= 0.6 is 22.7 Å². The number of likely N-dealkylation sites (N-methyl/N-ethyl adjacent to an activating group) is 1. The van der Waals surface area contributed by atoms with Crippen molar-refractivity contribution >= 4 is 39.5 Å². The van der Waals surface area contributed by atoms with Crippen LogP contribution in [0.4, 0.5) is 0 Å². The van der Waals surface area contributed by atoms with Gasteiger partial charge in [0.15, 0.2) is 0 Å². The molecule has 0 spiro atoms. The van der Waals surface area contributed by atoms with Gasteiger partial charge < -0.3 is 9.32 Å². The average molecular weight is 397 g/mol. The molecule has 1 amide bonds. The molecule has 0 fully saturated rings. The number of thiophene rings is 1. The maximum Gasteiger partial charge on any atom is 0.228 e. The second kappa shape index (κ2) is 7.66. The Balaban J connectivity index is 1.49. The molecule has 0 radical (unpaired) electrons. The van der Waals surface area contributed by atoms with E-state index >= 15 is 0 Å². The van der Waals surface area contributed by atoms with Crippen LogP contribution < -0.4 is 0 Å². The molecule has 4 rings (SSSR count). The molecule has 4 nitrogen and oxygen atoms in total. The Labute approximate surface area is 166 Å². The molecule has 1 aromatic carbocycles. The Morgan fingerprint density at radius 2 is 2.04 bits per heavy atom. The van der Waals surface area contributed by atoms with Crippen LogP contribution in [0.1, 0.15) is 23.9 Å². The number of carbonyl (C=O) groups excluding carboxylic acids is 1. The molecule has 0 atom stereocenters. The first-order valence-corrected chi connectivity index (χ1v) is 10.6. The number of benzene rings is 1.